The summed E-state index contributed by atoms with van der Waals surface area (Å²) in [6.07, 6.45) is 0. The second-order valence-corrected chi connectivity index (χ2v) is 7.46. The van der Waals surface area contributed by atoms with E-state index in [9.17, 15) is 4.79 Å². The van der Waals surface area contributed by atoms with Crippen molar-refractivity contribution in [2.75, 3.05) is 43.5 Å². The summed E-state index contributed by atoms with van der Waals surface area (Å²) in [7, 11) is 0. The molecule has 0 radical (unpaired) electrons. The monoisotopic (exact) mass is 354 g/mol. The van der Waals surface area contributed by atoms with E-state index in [1.54, 1.807) is 0 Å². The molecule has 130 valence electrons. The van der Waals surface area contributed by atoms with Crippen LogP contribution in [0.5, 0.6) is 0 Å². The van der Waals surface area contributed by atoms with Crippen LogP contribution in [0, 0.1) is 0 Å². The average Bonchev–Trinajstić information content (AvgIpc) is 2.96. The summed E-state index contributed by atoms with van der Waals surface area (Å²) in [5.74, 6) is 1.10. The van der Waals surface area contributed by atoms with Crippen LogP contribution < -0.4 is 4.90 Å². The summed E-state index contributed by atoms with van der Waals surface area (Å²) in [5.41, 5.74) is 2.92. The van der Waals surface area contributed by atoms with Gasteiger partial charge in [0.2, 0.25) is 0 Å². The highest BCUT2D eigenvalue weighted by Gasteiger charge is 2.37. The number of morpholine rings is 1. The Morgan fingerprint density at radius 1 is 1.00 bits per heavy atom. The Kier molecular flexibility index (Phi) is 5.06. The largest absolute Gasteiger partial charge is 0.379 e. The van der Waals surface area contributed by atoms with E-state index in [1.807, 2.05) is 65.2 Å². The SMILES string of the molecule is O=C1c2ccccc2C(SCCN2CCOCC2)N1c1ccccc1. The molecule has 5 heteroatoms. The van der Waals surface area contributed by atoms with Gasteiger partial charge in [-0.2, -0.15) is 0 Å². The minimum Gasteiger partial charge on any atom is -0.379 e. The molecule has 0 N–H and O–H groups in total. The van der Waals surface area contributed by atoms with Gasteiger partial charge in [-0.3, -0.25) is 14.6 Å². The van der Waals surface area contributed by atoms with Crippen LogP contribution in [0.4, 0.5) is 5.69 Å². The van der Waals surface area contributed by atoms with Gasteiger partial charge in [-0.25, -0.2) is 0 Å². The van der Waals surface area contributed by atoms with E-state index in [0.29, 0.717) is 0 Å². The number of hydrogen-bond donors (Lipinski definition) is 0. The number of rotatable bonds is 5. The topological polar surface area (TPSA) is 32.8 Å². The van der Waals surface area contributed by atoms with Crippen molar-refractivity contribution in [3.63, 3.8) is 0 Å². The number of fused-ring (bicyclic) bond motifs is 1. The van der Waals surface area contributed by atoms with Crippen LogP contribution >= 0.6 is 11.8 Å². The zero-order valence-corrected chi connectivity index (χ0v) is 15.0. The predicted octanol–water partition coefficient (Wildman–Crippen LogP) is 3.41. The number of benzene rings is 2. The molecule has 4 rings (SSSR count). The van der Waals surface area contributed by atoms with Crippen molar-refractivity contribution in [1.29, 1.82) is 0 Å². The molecule has 0 aromatic heterocycles. The van der Waals surface area contributed by atoms with Gasteiger partial charge in [-0.1, -0.05) is 36.4 Å². The smallest absolute Gasteiger partial charge is 0.259 e. The Bertz CT molecular complexity index is 731. The fourth-order valence-electron chi connectivity index (χ4n) is 3.41. The third-order valence-corrected chi connectivity index (χ3v) is 5.93. The van der Waals surface area contributed by atoms with Crippen LogP contribution in [0.3, 0.4) is 0 Å². The van der Waals surface area contributed by atoms with E-state index in [4.69, 9.17) is 4.74 Å². The Balaban J connectivity index is 1.52. The zero-order chi connectivity index (χ0) is 17.1. The van der Waals surface area contributed by atoms with E-state index < -0.39 is 0 Å². The first-order valence-corrected chi connectivity index (χ1v) is 9.79. The number of nitrogens with zero attached hydrogens (tertiary/aromatic N) is 2. The quantitative estimate of drug-likeness (QED) is 0.824. The third kappa shape index (κ3) is 3.45. The lowest BCUT2D eigenvalue weighted by atomic mass is 10.1. The first-order chi connectivity index (χ1) is 12.3. The molecule has 2 aromatic rings. The molecule has 1 fully saturated rings. The Morgan fingerprint density at radius 2 is 1.72 bits per heavy atom. The van der Waals surface area contributed by atoms with Crippen molar-refractivity contribution in [3.8, 4) is 0 Å². The highest BCUT2D eigenvalue weighted by molar-refractivity contribution is 7.99. The number of anilines is 1. The second kappa shape index (κ2) is 7.60. The number of amides is 1. The van der Waals surface area contributed by atoms with E-state index >= 15 is 0 Å². The van der Waals surface area contributed by atoms with Gasteiger partial charge in [0, 0.05) is 36.6 Å². The molecule has 0 aliphatic carbocycles. The predicted molar refractivity (Wildman–Crippen MR) is 102 cm³/mol. The molecule has 4 nitrogen and oxygen atoms in total. The van der Waals surface area contributed by atoms with Crippen molar-refractivity contribution in [2.24, 2.45) is 0 Å². The average molecular weight is 354 g/mol. The van der Waals surface area contributed by atoms with Gasteiger partial charge in [0.1, 0.15) is 5.37 Å². The van der Waals surface area contributed by atoms with Crippen LogP contribution in [-0.4, -0.2) is 49.4 Å². The molecule has 1 saturated heterocycles. The molecule has 25 heavy (non-hydrogen) atoms. The van der Waals surface area contributed by atoms with E-state index in [0.717, 1.165) is 55.4 Å². The standard InChI is InChI=1S/C20H22N2O2S/c23-19-17-8-4-5-9-18(17)20(22(19)16-6-2-1-3-7-16)25-15-12-21-10-13-24-14-11-21/h1-9,20H,10-15H2. The van der Waals surface area contributed by atoms with Crippen LogP contribution in [0.25, 0.3) is 0 Å². The van der Waals surface area contributed by atoms with E-state index in [2.05, 4.69) is 11.0 Å². The van der Waals surface area contributed by atoms with Crippen molar-refractivity contribution < 1.29 is 9.53 Å². The second-order valence-electron chi connectivity index (χ2n) is 6.28. The van der Waals surface area contributed by atoms with Crippen molar-refractivity contribution in [3.05, 3.63) is 65.7 Å². The van der Waals surface area contributed by atoms with Crippen LogP contribution in [0.15, 0.2) is 54.6 Å². The minimum absolute atomic E-state index is 0.0483. The van der Waals surface area contributed by atoms with Crippen molar-refractivity contribution in [1.82, 2.24) is 4.90 Å². The summed E-state index contributed by atoms with van der Waals surface area (Å²) in [4.78, 5) is 17.3. The maximum absolute atomic E-state index is 13.0. The molecule has 0 saturated carbocycles. The fraction of sp³-hybridized carbons (Fsp3) is 0.350. The van der Waals surface area contributed by atoms with Crippen LogP contribution in [0.2, 0.25) is 0 Å². The minimum atomic E-state index is 0.0483. The molecule has 0 spiro atoms. The van der Waals surface area contributed by atoms with Crippen molar-refractivity contribution >= 4 is 23.4 Å². The summed E-state index contributed by atoms with van der Waals surface area (Å²) in [6, 6.07) is 18.0. The fourth-order valence-corrected chi connectivity index (χ4v) is 4.74. The van der Waals surface area contributed by atoms with Gasteiger partial charge in [0.25, 0.3) is 5.91 Å². The van der Waals surface area contributed by atoms with E-state index in [1.165, 1.54) is 0 Å². The Morgan fingerprint density at radius 3 is 2.52 bits per heavy atom. The van der Waals surface area contributed by atoms with Gasteiger partial charge in [0.05, 0.1) is 13.2 Å². The molecule has 2 aromatic carbocycles. The highest BCUT2D eigenvalue weighted by atomic mass is 32.2. The lowest BCUT2D eigenvalue weighted by Crippen LogP contribution is -2.37. The lowest BCUT2D eigenvalue weighted by molar-refractivity contribution is 0.0410. The van der Waals surface area contributed by atoms with Crippen LogP contribution in [0.1, 0.15) is 21.3 Å². The molecule has 0 bridgehead atoms. The van der Waals surface area contributed by atoms with Crippen LogP contribution in [-0.2, 0) is 4.74 Å². The third-order valence-electron chi connectivity index (χ3n) is 4.73. The molecular formula is C20H22N2O2S. The Labute approximate surface area is 152 Å². The normalized spacial score (nSPS) is 20.7. The zero-order valence-electron chi connectivity index (χ0n) is 14.1. The van der Waals surface area contributed by atoms with Gasteiger partial charge < -0.3 is 4.74 Å². The molecule has 1 atom stereocenters. The van der Waals surface area contributed by atoms with Gasteiger partial charge in [-0.15, -0.1) is 11.8 Å². The number of para-hydroxylation sites is 1. The lowest BCUT2D eigenvalue weighted by Gasteiger charge is -2.28. The van der Waals surface area contributed by atoms with Gasteiger partial charge >= 0.3 is 0 Å². The first-order valence-electron chi connectivity index (χ1n) is 8.74. The number of hydrogen-bond acceptors (Lipinski definition) is 4. The molecular weight excluding hydrogens is 332 g/mol. The molecule has 2 heterocycles. The molecule has 1 unspecified atom stereocenters. The number of thioether (sulfide) groups is 1. The summed E-state index contributed by atoms with van der Waals surface area (Å²) < 4.78 is 5.41. The maximum atomic E-state index is 13.0. The van der Waals surface area contributed by atoms with Gasteiger partial charge in [0.15, 0.2) is 0 Å². The van der Waals surface area contributed by atoms with Gasteiger partial charge in [-0.05, 0) is 23.8 Å². The summed E-state index contributed by atoms with van der Waals surface area (Å²) in [6.45, 7) is 4.69. The summed E-state index contributed by atoms with van der Waals surface area (Å²) in [5, 5.41) is 0.0483. The summed E-state index contributed by atoms with van der Waals surface area (Å²) >= 11 is 1.85. The highest BCUT2D eigenvalue weighted by Crippen LogP contribution is 2.43. The number of ether oxygens (including phenoxy) is 1. The molecule has 2 aliphatic heterocycles. The van der Waals surface area contributed by atoms with E-state index in [-0.39, 0.29) is 11.3 Å². The Hall–Kier alpha value is -1.82. The number of carbonyl (C=O) groups excluding carboxylic acids is 1. The van der Waals surface area contributed by atoms with Crippen molar-refractivity contribution in [2.45, 2.75) is 5.37 Å². The molecule has 2 aliphatic rings. The molecule has 1 amide bonds. The number of carbonyl (C=O) groups is 1. The first kappa shape index (κ1) is 16.6. The maximum Gasteiger partial charge on any atom is 0.259 e.